The molecule has 0 spiro atoms. The lowest BCUT2D eigenvalue weighted by atomic mass is 10.2. The van der Waals surface area contributed by atoms with Crippen LogP contribution in [0.5, 0.6) is 0 Å². The van der Waals surface area contributed by atoms with Crippen LogP contribution in [0.2, 0.25) is 0 Å². The van der Waals surface area contributed by atoms with Crippen molar-refractivity contribution < 1.29 is 9.53 Å². The molecule has 0 aromatic carbocycles. The van der Waals surface area contributed by atoms with Gasteiger partial charge in [0.25, 0.3) is 0 Å². The lowest BCUT2D eigenvalue weighted by Crippen LogP contribution is -2.55. The second-order valence-corrected chi connectivity index (χ2v) is 7.37. The summed E-state index contributed by atoms with van der Waals surface area (Å²) in [6, 6.07) is 0. The Balaban J connectivity index is 0.00000341. The number of guanidine groups is 1. The second kappa shape index (κ2) is 11.5. The molecule has 0 saturated carbocycles. The maximum Gasteiger partial charge on any atom is 0.246 e. The molecule has 0 atom stereocenters. The van der Waals surface area contributed by atoms with Crippen molar-refractivity contribution in [2.24, 2.45) is 12.0 Å². The molecule has 0 bridgehead atoms. The van der Waals surface area contributed by atoms with E-state index in [9.17, 15) is 4.79 Å². The SMILES string of the molecule is CCNC(=NCc1c(C)nn(CCOC)c1C)N1CCN(c2cnn(C)c2)C(=O)C1.I. The smallest absolute Gasteiger partial charge is 0.246 e. The molecule has 1 aliphatic rings. The lowest BCUT2D eigenvalue weighted by Gasteiger charge is -2.35. The Morgan fingerprint density at radius 2 is 2.10 bits per heavy atom. The number of carbonyl (C=O) groups excluding carboxylic acids is 1. The quantitative estimate of drug-likeness (QED) is 0.321. The second-order valence-electron chi connectivity index (χ2n) is 7.37. The summed E-state index contributed by atoms with van der Waals surface area (Å²) in [4.78, 5) is 21.4. The Kier molecular flexibility index (Phi) is 9.29. The number of halogens is 1. The normalized spacial score (nSPS) is 14.7. The molecule has 3 rings (SSSR count). The van der Waals surface area contributed by atoms with Gasteiger partial charge in [-0.25, -0.2) is 4.99 Å². The van der Waals surface area contributed by atoms with Crippen LogP contribution in [0.4, 0.5) is 5.69 Å². The lowest BCUT2D eigenvalue weighted by molar-refractivity contribution is -0.120. The number of aryl methyl sites for hydroxylation is 2. The van der Waals surface area contributed by atoms with Crippen molar-refractivity contribution in [3.05, 3.63) is 29.3 Å². The van der Waals surface area contributed by atoms with Crippen LogP contribution in [0, 0.1) is 13.8 Å². The molecule has 1 saturated heterocycles. The Hall–Kier alpha value is -2.15. The third-order valence-corrected chi connectivity index (χ3v) is 5.28. The van der Waals surface area contributed by atoms with Gasteiger partial charge >= 0.3 is 0 Å². The molecule has 0 radical (unpaired) electrons. The highest BCUT2D eigenvalue weighted by molar-refractivity contribution is 14.0. The molecule has 1 amide bonds. The number of nitrogens with zero attached hydrogens (tertiary/aromatic N) is 7. The molecule has 3 heterocycles. The zero-order valence-electron chi connectivity index (χ0n) is 19.0. The molecule has 172 valence electrons. The highest BCUT2D eigenvalue weighted by atomic mass is 127. The summed E-state index contributed by atoms with van der Waals surface area (Å²) in [6.45, 7) is 10.3. The van der Waals surface area contributed by atoms with Crippen molar-refractivity contribution in [2.75, 3.05) is 44.8 Å². The van der Waals surface area contributed by atoms with Gasteiger partial charge in [-0.2, -0.15) is 10.2 Å². The van der Waals surface area contributed by atoms with E-state index in [0.717, 1.165) is 41.7 Å². The van der Waals surface area contributed by atoms with Crippen LogP contribution in [-0.2, 0) is 29.7 Å². The number of piperazine rings is 1. The summed E-state index contributed by atoms with van der Waals surface area (Å²) in [5, 5.41) is 12.1. The Morgan fingerprint density at radius 3 is 2.71 bits per heavy atom. The van der Waals surface area contributed by atoms with Gasteiger partial charge in [0.05, 0.1) is 37.3 Å². The van der Waals surface area contributed by atoms with E-state index in [-0.39, 0.29) is 36.4 Å². The topological polar surface area (TPSA) is 92.8 Å². The molecular weight excluding hydrogens is 511 g/mol. The van der Waals surface area contributed by atoms with E-state index >= 15 is 0 Å². The number of hydrogen-bond donors (Lipinski definition) is 1. The van der Waals surface area contributed by atoms with E-state index in [1.54, 1.807) is 22.9 Å². The molecule has 1 fully saturated rings. The average Bonchev–Trinajstić information content (AvgIpc) is 3.26. The number of methoxy groups -OCH3 is 1. The summed E-state index contributed by atoms with van der Waals surface area (Å²) in [7, 11) is 3.54. The van der Waals surface area contributed by atoms with E-state index in [2.05, 4.69) is 22.4 Å². The first-order chi connectivity index (χ1) is 14.4. The average molecular weight is 544 g/mol. The van der Waals surface area contributed by atoms with Crippen LogP contribution >= 0.6 is 24.0 Å². The summed E-state index contributed by atoms with van der Waals surface area (Å²) in [5.41, 5.74) is 4.02. The number of ether oxygens (including phenoxy) is 1. The molecule has 1 N–H and O–H groups in total. The molecular formula is C20H33IN8O2. The summed E-state index contributed by atoms with van der Waals surface area (Å²) in [6.07, 6.45) is 3.58. The van der Waals surface area contributed by atoms with Crippen molar-refractivity contribution in [2.45, 2.75) is 33.9 Å². The minimum atomic E-state index is 0. The first-order valence-electron chi connectivity index (χ1n) is 10.3. The first-order valence-corrected chi connectivity index (χ1v) is 10.3. The van der Waals surface area contributed by atoms with Gasteiger partial charge in [-0.3, -0.25) is 14.2 Å². The fraction of sp³-hybridized carbons (Fsp3) is 0.600. The van der Waals surface area contributed by atoms with Crippen LogP contribution < -0.4 is 10.2 Å². The molecule has 31 heavy (non-hydrogen) atoms. The van der Waals surface area contributed by atoms with Crippen LogP contribution in [0.3, 0.4) is 0 Å². The van der Waals surface area contributed by atoms with E-state index in [0.29, 0.717) is 26.2 Å². The van der Waals surface area contributed by atoms with Gasteiger partial charge in [-0.05, 0) is 20.8 Å². The zero-order chi connectivity index (χ0) is 21.7. The molecule has 10 nitrogen and oxygen atoms in total. The van der Waals surface area contributed by atoms with Crippen molar-refractivity contribution >= 4 is 41.5 Å². The van der Waals surface area contributed by atoms with Gasteiger partial charge in [0, 0.05) is 51.2 Å². The first kappa shape index (κ1) is 25.1. The number of anilines is 1. The van der Waals surface area contributed by atoms with Gasteiger partial charge in [0.2, 0.25) is 5.91 Å². The standard InChI is InChI=1S/C20H32N8O2.HI/c1-6-21-20(22-12-18-15(2)24-28(16(18)3)9-10-30-5)26-7-8-27(19(29)14-26)17-11-23-25(4)13-17;/h11,13H,6-10,12,14H2,1-5H3,(H,21,22);1H. The molecule has 2 aromatic heterocycles. The van der Waals surface area contributed by atoms with Crippen molar-refractivity contribution in [3.8, 4) is 0 Å². The number of aliphatic imine (C=N–C) groups is 1. The monoisotopic (exact) mass is 544 g/mol. The van der Waals surface area contributed by atoms with Gasteiger partial charge in [-0.15, -0.1) is 24.0 Å². The fourth-order valence-electron chi connectivity index (χ4n) is 3.61. The van der Waals surface area contributed by atoms with Crippen molar-refractivity contribution in [1.29, 1.82) is 0 Å². The number of amides is 1. The summed E-state index contributed by atoms with van der Waals surface area (Å²) < 4.78 is 8.84. The highest BCUT2D eigenvalue weighted by Crippen LogP contribution is 2.17. The molecule has 2 aromatic rings. The van der Waals surface area contributed by atoms with Crippen LogP contribution in [0.1, 0.15) is 23.9 Å². The van der Waals surface area contributed by atoms with Gasteiger partial charge in [0.1, 0.15) is 6.54 Å². The Bertz CT molecular complexity index is 907. The van der Waals surface area contributed by atoms with Gasteiger partial charge in [0.15, 0.2) is 5.96 Å². The zero-order valence-corrected chi connectivity index (χ0v) is 21.3. The largest absolute Gasteiger partial charge is 0.383 e. The molecule has 11 heteroatoms. The van der Waals surface area contributed by atoms with E-state index in [1.807, 2.05) is 36.7 Å². The predicted molar refractivity (Wildman–Crippen MR) is 131 cm³/mol. The van der Waals surface area contributed by atoms with Crippen LogP contribution in [0.25, 0.3) is 0 Å². The predicted octanol–water partition coefficient (Wildman–Crippen LogP) is 1.31. The molecule has 0 unspecified atom stereocenters. The minimum absolute atomic E-state index is 0. The number of carbonyl (C=O) groups is 1. The molecule has 0 aliphatic carbocycles. The maximum absolute atomic E-state index is 12.7. The Labute approximate surface area is 200 Å². The highest BCUT2D eigenvalue weighted by Gasteiger charge is 2.27. The van der Waals surface area contributed by atoms with E-state index in [1.165, 1.54) is 0 Å². The molecule has 1 aliphatic heterocycles. The van der Waals surface area contributed by atoms with E-state index < -0.39 is 0 Å². The van der Waals surface area contributed by atoms with Crippen LogP contribution in [-0.4, -0.2) is 76.2 Å². The number of hydrogen-bond acceptors (Lipinski definition) is 5. The number of nitrogens with one attached hydrogen (secondary N) is 1. The third kappa shape index (κ3) is 5.97. The fourth-order valence-corrected chi connectivity index (χ4v) is 3.61. The maximum atomic E-state index is 12.7. The summed E-state index contributed by atoms with van der Waals surface area (Å²) >= 11 is 0. The number of aromatic nitrogens is 4. The van der Waals surface area contributed by atoms with Crippen LogP contribution in [0.15, 0.2) is 17.4 Å². The van der Waals surface area contributed by atoms with Crippen molar-refractivity contribution in [3.63, 3.8) is 0 Å². The van der Waals surface area contributed by atoms with Gasteiger partial charge in [-0.1, -0.05) is 0 Å². The number of rotatable bonds is 7. The third-order valence-electron chi connectivity index (χ3n) is 5.28. The Morgan fingerprint density at radius 1 is 1.32 bits per heavy atom. The summed E-state index contributed by atoms with van der Waals surface area (Å²) in [5.74, 6) is 0.791. The minimum Gasteiger partial charge on any atom is -0.383 e. The van der Waals surface area contributed by atoms with Crippen molar-refractivity contribution in [1.82, 2.24) is 29.8 Å². The van der Waals surface area contributed by atoms with E-state index in [4.69, 9.17) is 9.73 Å². The van der Waals surface area contributed by atoms with Gasteiger partial charge < -0.3 is 19.9 Å².